The van der Waals surface area contributed by atoms with Crippen LogP contribution in [0.1, 0.15) is 12.0 Å². The summed E-state index contributed by atoms with van der Waals surface area (Å²) in [7, 11) is 0. The first-order valence-corrected chi connectivity index (χ1v) is 7.02. The number of anilines is 1. The summed E-state index contributed by atoms with van der Waals surface area (Å²) in [6, 6.07) is 4.51. The predicted molar refractivity (Wildman–Crippen MR) is 81.8 cm³/mol. The molecule has 1 aliphatic heterocycles. The van der Waals surface area contributed by atoms with Gasteiger partial charge in [0.2, 0.25) is 11.8 Å². The molecule has 9 heteroatoms. The van der Waals surface area contributed by atoms with E-state index in [1.807, 2.05) is 0 Å². The smallest absolute Gasteiger partial charge is 0.293 e. The number of para-hydroxylation sites is 1. The summed E-state index contributed by atoms with van der Waals surface area (Å²) in [6.45, 7) is 1.92. The number of hydrogen-bond acceptors (Lipinski definition) is 6. The molecule has 4 N–H and O–H groups in total. The van der Waals surface area contributed by atoms with Crippen molar-refractivity contribution in [2.75, 3.05) is 25.1 Å². The third kappa shape index (κ3) is 3.63. The molecule has 0 bridgehead atoms. The van der Waals surface area contributed by atoms with Gasteiger partial charge in [-0.15, -0.1) is 0 Å². The highest BCUT2D eigenvalue weighted by Crippen LogP contribution is 2.27. The van der Waals surface area contributed by atoms with Crippen molar-refractivity contribution in [1.29, 1.82) is 0 Å². The van der Waals surface area contributed by atoms with E-state index >= 15 is 0 Å². The zero-order valence-electron chi connectivity index (χ0n) is 12.6. The molecule has 0 radical (unpaired) electrons. The topological polar surface area (TPSA) is 137 Å². The van der Waals surface area contributed by atoms with Crippen LogP contribution in [0.3, 0.4) is 0 Å². The Kier molecular flexibility index (Phi) is 4.92. The Morgan fingerprint density at radius 3 is 2.78 bits per heavy atom. The van der Waals surface area contributed by atoms with Crippen LogP contribution in [0.5, 0.6) is 0 Å². The molecule has 1 aliphatic rings. The fourth-order valence-electron chi connectivity index (χ4n) is 2.39. The molecule has 0 spiro atoms. The van der Waals surface area contributed by atoms with E-state index in [2.05, 4.69) is 10.6 Å². The third-order valence-electron chi connectivity index (χ3n) is 3.79. The van der Waals surface area contributed by atoms with Crippen molar-refractivity contribution in [2.45, 2.75) is 18.9 Å². The van der Waals surface area contributed by atoms with Crippen LogP contribution in [-0.2, 0) is 14.3 Å². The minimum atomic E-state index is -1.07. The van der Waals surface area contributed by atoms with E-state index in [1.165, 1.54) is 6.07 Å². The van der Waals surface area contributed by atoms with Gasteiger partial charge >= 0.3 is 0 Å². The molecule has 2 amide bonds. The largest absolute Gasteiger partial charge is 0.379 e. The van der Waals surface area contributed by atoms with Gasteiger partial charge in [-0.25, -0.2) is 0 Å². The molecule has 2 rings (SSSR count). The second-order valence-corrected chi connectivity index (χ2v) is 5.38. The van der Waals surface area contributed by atoms with Crippen LogP contribution < -0.4 is 16.4 Å². The number of amides is 2. The van der Waals surface area contributed by atoms with Crippen LogP contribution in [0.2, 0.25) is 0 Å². The molecule has 1 atom stereocenters. The van der Waals surface area contributed by atoms with Gasteiger partial charge in [0, 0.05) is 19.1 Å². The quantitative estimate of drug-likeness (QED) is 0.501. The molecule has 0 saturated carbocycles. The normalized spacial score (nSPS) is 20.2. The summed E-state index contributed by atoms with van der Waals surface area (Å²) in [4.78, 5) is 34.1. The lowest BCUT2D eigenvalue weighted by molar-refractivity contribution is -0.384. The van der Waals surface area contributed by atoms with E-state index in [4.69, 9.17) is 10.5 Å². The summed E-state index contributed by atoms with van der Waals surface area (Å²) >= 11 is 0. The van der Waals surface area contributed by atoms with Crippen molar-refractivity contribution >= 4 is 23.2 Å². The summed E-state index contributed by atoms with van der Waals surface area (Å²) in [5, 5.41) is 16.3. The monoisotopic (exact) mass is 322 g/mol. The molecule has 1 fully saturated rings. The zero-order valence-corrected chi connectivity index (χ0v) is 12.6. The lowest BCUT2D eigenvalue weighted by Crippen LogP contribution is -2.57. The Morgan fingerprint density at radius 1 is 1.48 bits per heavy atom. The fourth-order valence-corrected chi connectivity index (χ4v) is 2.39. The summed E-state index contributed by atoms with van der Waals surface area (Å²) in [6.07, 6.45) is 0.375. The Bertz CT molecular complexity index is 640. The molecule has 124 valence electrons. The number of nitrogens with one attached hydrogen (secondary N) is 2. The van der Waals surface area contributed by atoms with E-state index in [0.717, 1.165) is 0 Å². The number of hydrogen-bond donors (Lipinski definition) is 3. The number of benzene rings is 1. The molecular weight excluding hydrogens is 304 g/mol. The summed E-state index contributed by atoms with van der Waals surface area (Å²) in [5.41, 5.74) is 4.80. The van der Waals surface area contributed by atoms with Crippen molar-refractivity contribution in [3.05, 3.63) is 33.9 Å². The maximum Gasteiger partial charge on any atom is 0.293 e. The van der Waals surface area contributed by atoms with Gasteiger partial charge in [-0.3, -0.25) is 25.0 Å². The first kappa shape index (κ1) is 16.8. The number of nitrogens with zero attached hydrogens (tertiary/aromatic N) is 1. The minimum absolute atomic E-state index is 0.0973. The number of nitro groups is 1. The van der Waals surface area contributed by atoms with E-state index in [1.54, 1.807) is 19.1 Å². The average molecular weight is 322 g/mol. The zero-order chi connectivity index (χ0) is 17.0. The van der Waals surface area contributed by atoms with E-state index in [-0.39, 0.29) is 24.5 Å². The first-order chi connectivity index (χ1) is 10.9. The molecule has 1 aromatic carbocycles. The Labute approximate surface area is 132 Å². The molecule has 1 saturated heterocycles. The number of rotatable bonds is 6. The predicted octanol–water partition coefficient (Wildman–Crippen LogP) is 0.0757. The molecular formula is C14H18N4O5. The van der Waals surface area contributed by atoms with Crippen LogP contribution in [-0.4, -0.2) is 42.0 Å². The van der Waals surface area contributed by atoms with Crippen LogP contribution >= 0.6 is 0 Å². The van der Waals surface area contributed by atoms with Gasteiger partial charge in [0.05, 0.1) is 18.1 Å². The van der Waals surface area contributed by atoms with Crippen molar-refractivity contribution in [1.82, 2.24) is 5.32 Å². The van der Waals surface area contributed by atoms with Gasteiger partial charge in [0.15, 0.2) is 0 Å². The number of primary amides is 1. The Morgan fingerprint density at radius 2 is 2.22 bits per heavy atom. The highest BCUT2D eigenvalue weighted by atomic mass is 16.6. The van der Waals surface area contributed by atoms with Crippen molar-refractivity contribution in [3.63, 3.8) is 0 Å². The number of ether oxygens (including phenoxy) is 1. The van der Waals surface area contributed by atoms with Gasteiger partial charge in [-0.05, 0) is 12.5 Å². The third-order valence-corrected chi connectivity index (χ3v) is 3.79. The number of nitro benzene ring substituents is 1. The van der Waals surface area contributed by atoms with Crippen molar-refractivity contribution in [2.24, 2.45) is 5.73 Å². The van der Waals surface area contributed by atoms with Crippen LogP contribution in [0, 0.1) is 17.0 Å². The van der Waals surface area contributed by atoms with E-state index in [9.17, 15) is 19.7 Å². The van der Waals surface area contributed by atoms with E-state index in [0.29, 0.717) is 18.6 Å². The SMILES string of the molecule is Cc1cccc([N+](=O)[O-])c1NC(=O)CNC1(C(N)=O)CCOC1. The van der Waals surface area contributed by atoms with E-state index < -0.39 is 22.3 Å². The molecule has 0 aromatic heterocycles. The summed E-state index contributed by atoms with van der Waals surface area (Å²) < 4.78 is 5.16. The standard InChI is InChI=1S/C14H18N4O5/c1-9-3-2-4-10(18(21)22)12(9)17-11(19)7-16-14(13(15)20)5-6-23-8-14/h2-4,16H,5-8H2,1H3,(H2,15,20)(H,17,19). The molecule has 9 nitrogen and oxygen atoms in total. The maximum absolute atomic E-state index is 12.1. The first-order valence-electron chi connectivity index (χ1n) is 7.02. The number of aryl methyl sites for hydroxylation is 1. The molecule has 1 heterocycles. The summed E-state index contributed by atoms with van der Waals surface area (Å²) in [5.74, 6) is -1.10. The van der Waals surface area contributed by atoms with Crippen LogP contribution in [0.4, 0.5) is 11.4 Å². The molecule has 1 aromatic rings. The average Bonchev–Trinajstić information content (AvgIpc) is 2.97. The highest BCUT2D eigenvalue weighted by molar-refractivity contribution is 5.96. The highest BCUT2D eigenvalue weighted by Gasteiger charge is 2.40. The molecule has 0 aliphatic carbocycles. The second-order valence-electron chi connectivity index (χ2n) is 5.38. The second kappa shape index (κ2) is 6.71. The van der Waals surface area contributed by atoms with Crippen molar-refractivity contribution < 1.29 is 19.2 Å². The van der Waals surface area contributed by atoms with Gasteiger partial charge < -0.3 is 15.8 Å². The van der Waals surface area contributed by atoms with Crippen molar-refractivity contribution in [3.8, 4) is 0 Å². The minimum Gasteiger partial charge on any atom is -0.379 e. The lowest BCUT2D eigenvalue weighted by Gasteiger charge is -2.24. The van der Waals surface area contributed by atoms with Gasteiger partial charge in [0.25, 0.3) is 5.69 Å². The number of carbonyl (C=O) groups excluding carboxylic acids is 2. The van der Waals surface area contributed by atoms with Gasteiger partial charge in [-0.1, -0.05) is 12.1 Å². The maximum atomic E-state index is 12.1. The fraction of sp³-hybridized carbons (Fsp3) is 0.429. The van der Waals surface area contributed by atoms with Gasteiger partial charge in [-0.2, -0.15) is 0 Å². The van der Waals surface area contributed by atoms with Crippen LogP contribution in [0.25, 0.3) is 0 Å². The molecule has 1 unspecified atom stereocenters. The number of carbonyl (C=O) groups is 2. The lowest BCUT2D eigenvalue weighted by atomic mass is 9.98. The van der Waals surface area contributed by atoms with Gasteiger partial charge in [0.1, 0.15) is 11.2 Å². The number of nitrogens with two attached hydrogens (primary N) is 1. The Hall–Kier alpha value is -2.52. The van der Waals surface area contributed by atoms with Crippen LogP contribution in [0.15, 0.2) is 18.2 Å². The molecule has 23 heavy (non-hydrogen) atoms. The Balaban J connectivity index is 2.06.